The standard InChI is InChI=1S/C18H14F2N4O2/c1-26-15-5-3-2-4-14(15)21-16-8-9-17(24-23-16)22-18(25)11-6-7-12(19)13(20)10-11/h2-10H,1H3,(H,21,23)(H,22,24,25). The lowest BCUT2D eigenvalue weighted by Crippen LogP contribution is -2.14. The van der Waals surface area contributed by atoms with Crippen LogP contribution in [0, 0.1) is 11.6 Å². The van der Waals surface area contributed by atoms with Gasteiger partial charge in [0.15, 0.2) is 23.3 Å². The number of carbonyl (C=O) groups excluding carboxylic acids is 1. The van der Waals surface area contributed by atoms with Crippen molar-refractivity contribution in [1.82, 2.24) is 10.2 Å². The van der Waals surface area contributed by atoms with E-state index >= 15 is 0 Å². The third kappa shape index (κ3) is 3.92. The Hall–Kier alpha value is -3.55. The van der Waals surface area contributed by atoms with E-state index in [0.29, 0.717) is 17.3 Å². The molecule has 0 atom stereocenters. The summed E-state index contributed by atoms with van der Waals surface area (Å²) in [5.41, 5.74) is 0.685. The molecule has 26 heavy (non-hydrogen) atoms. The average molecular weight is 356 g/mol. The monoisotopic (exact) mass is 356 g/mol. The highest BCUT2D eigenvalue weighted by molar-refractivity contribution is 6.03. The first-order chi connectivity index (χ1) is 12.6. The average Bonchev–Trinajstić information content (AvgIpc) is 2.66. The van der Waals surface area contributed by atoms with E-state index in [2.05, 4.69) is 20.8 Å². The second-order valence-electron chi connectivity index (χ2n) is 5.21. The predicted octanol–water partition coefficient (Wildman–Crippen LogP) is 3.76. The molecular formula is C18H14F2N4O2. The van der Waals surface area contributed by atoms with Crippen molar-refractivity contribution in [3.63, 3.8) is 0 Å². The Morgan fingerprint density at radius 2 is 1.69 bits per heavy atom. The number of ether oxygens (including phenoxy) is 1. The highest BCUT2D eigenvalue weighted by Crippen LogP contribution is 2.26. The Bertz CT molecular complexity index is 933. The van der Waals surface area contributed by atoms with Crippen LogP contribution in [-0.4, -0.2) is 23.2 Å². The van der Waals surface area contributed by atoms with Gasteiger partial charge in [0, 0.05) is 5.56 Å². The fourth-order valence-electron chi connectivity index (χ4n) is 2.18. The summed E-state index contributed by atoms with van der Waals surface area (Å²) in [5, 5.41) is 13.4. The molecule has 132 valence electrons. The van der Waals surface area contributed by atoms with Gasteiger partial charge in [-0.1, -0.05) is 12.1 Å². The van der Waals surface area contributed by atoms with E-state index in [1.165, 1.54) is 12.1 Å². The van der Waals surface area contributed by atoms with Crippen molar-refractivity contribution in [2.24, 2.45) is 0 Å². The van der Waals surface area contributed by atoms with E-state index in [1.807, 2.05) is 18.2 Å². The Labute approximate surface area is 147 Å². The number of para-hydroxylation sites is 2. The van der Waals surface area contributed by atoms with Gasteiger partial charge >= 0.3 is 0 Å². The molecule has 1 aromatic heterocycles. The van der Waals surface area contributed by atoms with Crippen LogP contribution in [0.3, 0.4) is 0 Å². The summed E-state index contributed by atoms with van der Waals surface area (Å²) in [6, 6.07) is 13.3. The minimum absolute atomic E-state index is 0.0260. The molecule has 0 bridgehead atoms. The Morgan fingerprint density at radius 1 is 0.962 bits per heavy atom. The number of aromatic nitrogens is 2. The molecule has 2 N–H and O–H groups in total. The molecule has 8 heteroatoms. The van der Waals surface area contributed by atoms with Crippen molar-refractivity contribution in [3.8, 4) is 5.75 Å². The molecule has 3 aromatic rings. The van der Waals surface area contributed by atoms with E-state index in [9.17, 15) is 13.6 Å². The number of amides is 1. The first-order valence-electron chi connectivity index (χ1n) is 7.57. The molecule has 1 heterocycles. The number of hydrogen-bond donors (Lipinski definition) is 2. The first-order valence-corrected chi connectivity index (χ1v) is 7.57. The summed E-state index contributed by atoms with van der Waals surface area (Å²) in [4.78, 5) is 12.0. The highest BCUT2D eigenvalue weighted by atomic mass is 19.2. The van der Waals surface area contributed by atoms with Gasteiger partial charge in [-0.3, -0.25) is 4.79 Å². The molecule has 0 aliphatic carbocycles. The third-order valence-corrected chi connectivity index (χ3v) is 3.46. The second-order valence-corrected chi connectivity index (χ2v) is 5.21. The maximum Gasteiger partial charge on any atom is 0.256 e. The first kappa shape index (κ1) is 17.3. The Morgan fingerprint density at radius 3 is 2.38 bits per heavy atom. The van der Waals surface area contributed by atoms with Crippen LogP contribution in [0.5, 0.6) is 5.75 Å². The van der Waals surface area contributed by atoms with Crippen molar-refractivity contribution < 1.29 is 18.3 Å². The maximum atomic E-state index is 13.2. The fraction of sp³-hybridized carbons (Fsp3) is 0.0556. The summed E-state index contributed by atoms with van der Waals surface area (Å²) >= 11 is 0. The summed E-state index contributed by atoms with van der Waals surface area (Å²) in [5.74, 6) is -1.48. The number of carbonyl (C=O) groups is 1. The van der Waals surface area contributed by atoms with Crippen LogP contribution in [0.4, 0.5) is 26.1 Å². The zero-order valence-electron chi connectivity index (χ0n) is 13.7. The van der Waals surface area contributed by atoms with E-state index in [-0.39, 0.29) is 11.4 Å². The molecule has 0 radical (unpaired) electrons. The number of anilines is 3. The van der Waals surface area contributed by atoms with Gasteiger partial charge in [-0.05, 0) is 42.5 Å². The van der Waals surface area contributed by atoms with Gasteiger partial charge < -0.3 is 15.4 Å². The number of nitrogens with one attached hydrogen (secondary N) is 2. The molecule has 0 fully saturated rings. The van der Waals surface area contributed by atoms with Gasteiger partial charge in [-0.15, -0.1) is 10.2 Å². The van der Waals surface area contributed by atoms with Crippen molar-refractivity contribution in [2.75, 3.05) is 17.7 Å². The Balaban J connectivity index is 1.69. The third-order valence-electron chi connectivity index (χ3n) is 3.46. The summed E-state index contributed by atoms with van der Waals surface area (Å²) in [6.45, 7) is 0. The number of hydrogen-bond acceptors (Lipinski definition) is 5. The van der Waals surface area contributed by atoms with Crippen LogP contribution in [0.1, 0.15) is 10.4 Å². The van der Waals surface area contributed by atoms with E-state index in [4.69, 9.17) is 4.74 Å². The van der Waals surface area contributed by atoms with Gasteiger partial charge in [0.25, 0.3) is 5.91 Å². The molecule has 0 spiro atoms. The largest absolute Gasteiger partial charge is 0.495 e. The number of methoxy groups -OCH3 is 1. The molecule has 3 rings (SSSR count). The minimum atomic E-state index is -1.10. The lowest BCUT2D eigenvalue weighted by molar-refractivity contribution is 0.102. The minimum Gasteiger partial charge on any atom is -0.495 e. The molecule has 0 aliphatic heterocycles. The molecule has 0 aliphatic rings. The van der Waals surface area contributed by atoms with E-state index in [1.54, 1.807) is 19.2 Å². The van der Waals surface area contributed by atoms with E-state index in [0.717, 1.165) is 12.1 Å². The second kappa shape index (κ2) is 7.56. The summed E-state index contributed by atoms with van der Waals surface area (Å²) < 4.78 is 31.4. The summed E-state index contributed by atoms with van der Waals surface area (Å²) in [7, 11) is 1.56. The lowest BCUT2D eigenvalue weighted by atomic mass is 10.2. The SMILES string of the molecule is COc1ccccc1Nc1ccc(NC(=O)c2ccc(F)c(F)c2)nn1. The number of nitrogens with zero attached hydrogens (tertiary/aromatic N) is 2. The van der Waals surface area contributed by atoms with Gasteiger partial charge in [0.05, 0.1) is 12.8 Å². The lowest BCUT2D eigenvalue weighted by Gasteiger charge is -2.10. The fourth-order valence-corrected chi connectivity index (χ4v) is 2.18. The molecule has 0 saturated heterocycles. The van der Waals surface area contributed by atoms with Gasteiger partial charge in [-0.25, -0.2) is 8.78 Å². The van der Waals surface area contributed by atoms with Crippen LogP contribution in [0.2, 0.25) is 0 Å². The quantitative estimate of drug-likeness (QED) is 0.728. The van der Waals surface area contributed by atoms with Crippen LogP contribution in [-0.2, 0) is 0 Å². The highest BCUT2D eigenvalue weighted by Gasteiger charge is 2.11. The van der Waals surface area contributed by atoms with Crippen molar-refractivity contribution >= 4 is 23.2 Å². The molecule has 0 unspecified atom stereocenters. The number of benzene rings is 2. The number of rotatable bonds is 5. The molecule has 2 aromatic carbocycles. The Kier molecular flexibility index (Phi) is 5.02. The van der Waals surface area contributed by atoms with Crippen molar-refractivity contribution in [1.29, 1.82) is 0 Å². The predicted molar refractivity (Wildman–Crippen MR) is 92.6 cm³/mol. The van der Waals surface area contributed by atoms with Gasteiger partial charge in [-0.2, -0.15) is 0 Å². The van der Waals surface area contributed by atoms with Crippen molar-refractivity contribution in [2.45, 2.75) is 0 Å². The molecule has 0 saturated carbocycles. The normalized spacial score (nSPS) is 10.3. The molecular weight excluding hydrogens is 342 g/mol. The van der Waals surface area contributed by atoms with Crippen LogP contribution >= 0.6 is 0 Å². The number of halogens is 2. The van der Waals surface area contributed by atoms with Crippen LogP contribution < -0.4 is 15.4 Å². The molecule has 1 amide bonds. The van der Waals surface area contributed by atoms with Crippen molar-refractivity contribution in [3.05, 3.63) is 71.8 Å². The van der Waals surface area contributed by atoms with Crippen LogP contribution in [0.15, 0.2) is 54.6 Å². The summed E-state index contributed by atoms with van der Waals surface area (Å²) in [6.07, 6.45) is 0. The maximum absolute atomic E-state index is 13.2. The van der Waals surface area contributed by atoms with Gasteiger partial charge in [0.2, 0.25) is 0 Å². The van der Waals surface area contributed by atoms with Crippen LogP contribution in [0.25, 0.3) is 0 Å². The zero-order chi connectivity index (χ0) is 18.5. The molecule has 6 nitrogen and oxygen atoms in total. The smallest absolute Gasteiger partial charge is 0.256 e. The van der Waals surface area contributed by atoms with E-state index < -0.39 is 17.5 Å². The zero-order valence-corrected chi connectivity index (χ0v) is 13.7. The van der Waals surface area contributed by atoms with Gasteiger partial charge in [0.1, 0.15) is 5.75 Å². The topological polar surface area (TPSA) is 76.1 Å².